The van der Waals surface area contributed by atoms with Gasteiger partial charge in [-0.15, -0.1) is 0 Å². The van der Waals surface area contributed by atoms with E-state index < -0.39 is 0 Å². The van der Waals surface area contributed by atoms with Crippen molar-refractivity contribution in [2.24, 2.45) is 5.92 Å². The lowest BCUT2D eigenvalue weighted by Gasteiger charge is -2.34. The van der Waals surface area contributed by atoms with Crippen molar-refractivity contribution >= 4 is 17.0 Å². The van der Waals surface area contributed by atoms with Crippen LogP contribution in [0.4, 0.5) is 0 Å². The first-order valence-corrected chi connectivity index (χ1v) is 10.2. The fourth-order valence-corrected chi connectivity index (χ4v) is 5.08. The van der Waals surface area contributed by atoms with Crippen LogP contribution in [0.5, 0.6) is 0 Å². The van der Waals surface area contributed by atoms with Crippen molar-refractivity contribution in [1.29, 1.82) is 5.41 Å². The van der Waals surface area contributed by atoms with E-state index in [1.54, 1.807) is 11.8 Å². The van der Waals surface area contributed by atoms with Gasteiger partial charge in [0.05, 0.1) is 0 Å². The maximum atomic E-state index is 8.11. The highest BCUT2D eigenvalue weighted by Gasteiger charge is 2.31. The van der Waals surface area contributed by atoms with Gasteiger partial charge in [0.2, 0.25) is 0 Å². The highest BCUT2D eigenvalue weighted by molar-refractivity contribution is 6.00. The first kappa shape index (κ1) is 18.2. The van der Waals surface area contributed by atoms with Crippen LogP contribution in [0, 0.1) is 11.3 Å². The van der Waals surface area contributed by atoms with Gasteiger partial charge in [0.25, 0.3) is 0 Å². The summed E-state index contributed by atoms with van der Waals surface area (Å²) >= 11 is 0. The van der Waals surface area contributed by atoms with Gasteiger partial charge in [-0.3, -0.25) is 0 Å². The van der Waals surface area contributed by atoms with Gasteiger partial charge in [-0.05, 0) is 67.1 Å². The van der Waals surface area contributed by atoms with Crippen molar-refractivity contribution in [3.8, 4) is 0 Å². The molecule has 0 radical (unpaired) electrons. The van der Waals surface area contributed by atoms with E-state index in [1.807, 2.05) is 0 Å². The lowest BCUT2D eigenvalue weighted by atomic mass is 9.70. The average molecular weight is 359 g/mol. The monoisotopic (exact) mass is 358 g/mol. The molecule has 0 amide bonds. The molecule has 1 saturated carbocycles. The Hall–Kier alpha value is -2.19. The zero-order valence-electron chi connectivity index (χ0n) is 16.5. The minimum absolute atomic E-state index is 0.540. The molecule has 0 aliphatic heterocycles. The molecule has 0 bridgehead atoms. The molecule has 1 N–H and O–H groups in total. The number of allylic oxidation sites excluding steroid dienone is 2. The molecule has 2 aliphatic carbocycles. The van der Waals surface area contributed by atoms with Crippen LogP contribution in [-0.4, -0.2) is 31.8 Å². The second-order valence-electron chi connectivity index (χ2n) is 8.37. The summed E-state index contributed by atoms with van der Waals surface area (Å²) in [7, 11) is 4.28. The van der Waals surface area contributed by atoms with Crippen molar-refractivity contribution < 1.29 is 0 Å². The van der Waals surface area contributed by atoms with E-state index in [4.69, 9.17) is 5.41 Å². The van der Waals surface area contributed by atoms with E-state index in [9.17, 15) is 0 Å². The number of hydrogen-bond acceptors (Lipinski definition) is 2. The van der Waals surface area contributed by atoms with Crippen LogP contribution in [0.15, 0.2) is 59.7 Å². The van der Waals surface area contributed by atoms with Gasteiger partial charge in [-0.2, -0.15) is 0 Å². The van der Waals surface area contributed by atoms with Gasteiger partial charge in [0.15, 0.2) is 0 Å². The van der Waals surface area contributed by atoms with E-state index in [-0.39, 0.29) is 0 Å². The second-order valence-corrected chi connectivity index (χ2v) is 8.37. The Balaban J connectivity index is 1.70. The summed E-state index contributed by atoms with van der Waals surface area (Å²) in [4.78, 5) is 2.25. The van der Waals surface area contributed by atoms with Gasteiger partial charge in [-0.25, -0.2) is 0 Å². The predicted octanol–water partition coefficient (Wildman–Crippen LogP) is 5.93. The number of hydrogen-bond donors (Lipinski definition) is 1. The first-order chi connectivity index (χ1) is 13.2. The van der Waals surface area contributed by atoms with Crippen molar-refractivity contribution in [3.05, 3.63) is 70.8 Å². The minimum atomic E-state index is 0.540. The Morgan fingerprint density at radius 1 is 1.04 bits per heavy atom. The van der Waals surface area contributed by atoms with Crippen LogP contribution in [-0.2, 0) is 0 Å². The molecule has 2 heteroatoms. The predicted molar refractivity (Wildman–Crippen MR) is 116 cm³/mol. The maximum absolute atomic E-state index is 8.11. The van der Waals surface area contributed by atoms with E-state index in [0.717, 1.165) is 18.5 Å². The summed E-state index contributed by atoms with van der Waals surface area (Å²) in [6, 6.07) is 13.1. The average Bonchev–Trinajstić information content (AvgIpc) is 3.14. The van der Waals surface area contributed by atoms with Crippen molar-refractivity contribution in [2.45, 2.75) is 38.0 Å². The Bertz CT molecular complexity index is 904. The summed E-state index contributed by atoms with van der Waals surface area (Å²) in [5.41, 5.74) is 5.59. The first-order valence-electron chi connectivity index (χ1n) is 10.2. The molecule has 0 saturated heterocycles. The summed E-state index contributed by atoms with van der Waals surface area (Å²) < 4.78 is 0. The highest BCUT2D eigenvalue weighted by Crippen LogP contribution is 2.45. The molecule has 2 aliphatic rings. The number of rotatable bonds is 5. The SMILES string of the molecule is CN(C)CC1=CCC(C2CCCCC2c2ccc3ccccc3c2C=N)=C1. The Morgan fingerprint density at radius 2 is 1.81 bits per heavy atom. The molecular weight excluding hydrogens is 328 g/mol. The van der Waals surface area contributed by atoms with Crippen LogP contribution < -0.4 is 0 Å². The van der Waals surface area contributed by atoms with Gasteiger partial charge < -0.3 is 10.3 Å². The highest BCUT2D eigenvalue weighted by atomic mass is 15.0. The number of fused-ring (bicyclic) bond motifs is 1. The van der Waals surface area contributed by atoms with Gasteiger partial charge in [0, 0.05) is 18.3 Å². The van der Waals surface area contributed by atoms with Gasteiger partial charge in [-0.1, -0.05) is 67.0 Å². The summed E-state index contributed by atoms with van der Waals surface area (Å²) in [5, 5.41) is 10.6. The van der Waals surface area contributed by atoms with Crippen LogP contribution in [0.2, 0.25) is 0 Å². The summed E-state index contributed by atoms with van der Waals surface area (Å²) in [5.74, 6) is 1.16. The van der Waals surface area contributed by atoms with E-state index in [2.05, 4.69) is 67.5 Å². The van der Waals surface area contributed by atoms with Crippen LogP contribution in [0.25, 0.3) is 10.8 Å². The number of benzene rings is 2. The second kappa shape index (κ2) is 7.82. The lowest BCUT2D eigenvalue weighted by Crippen LogP contribution is -2.21. The fourth-order valence-electron chi connectivity index (χ4n) is 5.08. The zero-order chi connectivity index (χ0) is 18.8. The molecule has 2 atom stereocenters. The fraction of sp³-hybridized carbons (Fsp3) is 0.400. The molecule has 2 aromatic rings. The summed E-state index contributed by atoms with van der Waals surface area (Å²) in [6.45, 7) is 1.03. The standard InChI is InChI=1S/C25H30N2/c1-27(2)17-18-11-12-20(15-18)22-9-5-6-10-23(22)24-14-13-19-7-3-4-8-21(19)25(24)16-26/h3-4,7-8,11,13-16,22-23,26H,5-6,9-10,12,17H2,1-2H3. The van der Waals surface area contributed by atoms with Crippen LogP contribution in [0.3, 0.4) is 0 Å². The van der Waals surface area contributed by atoms with E-state index in [0.29, 0.717) is 11.8 Å². The number of nitrogens with one attached hydrogen (secondary N) is 1. The third kappa shape index (κ3) is 3.64. The van der Waals surface area contributed by atoms with Crippen molar-refractivity contribution in [2.75, 3.05) is 20.6 Å². The molecule has 2 unspecified atom stereocenters. The molecule has 140 valence electrons. The Kier molecular flexibility index (Phi) is 5.27. The van der Waals surface area contributed by atoms with Crippen molar-refractivity contribution in [3.63, 3.8) is 0 Å². The molecule has 0 spiro atoms. The topological polar surface area (TPSA) is 27.1 Å². The molecule has 0 aromatic heterocycles. The molecule has 0 heterocycles. The molecule has 2 aromatic carbocycles. The molecule has 27 heavy (non-hydrogen) atoms. The van der Waals surface area contributed by atoms with Gasteiger partial charge >= 0.3 is 0 Å². The molecule has 4 rings (SSSR count). The molecular formula is C25H30N2. The smallest absolute Gasteiger partial charge is 0.0259 e. The Morgan fingerprint density at radius 3 is 2.59 bits per heavy atom. The summed E-state index contributed by atoms with van der Waals surface area (Å²) in [6.07, 6.45) is 12.7. The number of nitrogens with zero attached hydrogens (tertiary/aromatic N) is 1. The van der Waals surface area contributed by atoms with Crippen LogP contribution in [0.1, 0.15) is 49.1 Å². The lowest BCUT2D eigenvalue weighted by molar-refractivity contribution is 0.345. The Labute approximate surface area is 163 Å². The largest absolute Gasteiger partial charge is 0.308 e. The van der Waals surface area contributed by atoms with Crippen molar-refractivity contribution in [1.82, 2.24) is 4.90 Å². The number of likely N-dealkylation sites (N-methyl/N-ethyl adjacent to an activating group) is 1. The van der Waals surface area contributed by atoms with Gasteiger partial charge in [0.1, 0.15) is 0 Å². The molecule has 2 nitrogen and oxygen atoms in total. The van der Waals surface area contributed by atoms with E-state index in [1.165, 1.54) is 47.6 Å². The normalized spacial score (nSPS) is 22.8. The quantitative estimate of drug-likeness (QED) is 0.659. The third-order valence-electron chi connectivity index (χ3n) is 6.26. The maximum Gasteiger partial charge on any atom is 0.0259 e. The van der Waals surface area contributed by atoms with E-state index >= 15 is 0 Å². The molecule has 1 fully saturated rings. The third-order valence-corrected chi connectivity index (χ3v) is 6.26. The zero-order valence-corrected chi connectivity index (χ0v) is 16.5. The minimum Gasteiger partial charge on any atom is -0.308 e. The van der Waals surface area contributed by atoms with Crippen LogP contribution >= 0.6 is 0 Å².